The van der Waals surface area contributed by atoms with Crippen LogP contribution in [0.3, 0.4) is 0 Å². The zero-order chi connectivity index (χ0) is 13.2. The summed E-state index contributed by atoms with van der Waals surface area (Å²) < 4.78 is 30.0. The summed E-state index contributed by atoms with van der Waals surface area (Å²) in [7, 11) is -3.74. The monoisotopic (exact) mass is 281 g/mol. The highest BCUT2D eigenvalue weighted by molar-refractivity contribution is 7.92. The summed E-state index contributed by atoms with van der Waals surface area (Å²) in [6.07, 6.45) is 1.12. The minimum atomic E-state index is -3.74. The van der Waals surface area contributed by atoms with E-state index in [0.717, 1.165) is 17.7 Å². The molecule has 0 radical (unpaired) electrons. The van der Waals surface area contributed by atoms with Crippen molar-refractivity contribution in [2.75, 3.05) is 4.72 Å². The lowest BCUT2D eigenvalue weighted by Gasteiger charge is -2.03. The van der Waals surface area contributed by atoms with E-state index in [1.165, 1.54) is 12.1 Å². The summed E-state index contributed by atoms with van der Waals surface area (Å²) in [6.45, 7) is 1.66. The zero-order valence-corrected chi connectivity index (χ0v) is 10.8. The van der Waals surface area contributed by atoms with E-state index in [9.17, 15) is 8.42 Å². The fourth-order valence-electron chi connectivity index (χ4n) is 1.12. The first-order valence-electron chi connectivity index (χ1n) is 4.70. The molecule has 0 aromatic carbocycles. The van der Waals surface area contributed by atoms with Crippen molar-refractivity contribution in [2.45, 2.75) is 11.8 Å². The number of anilines is 1. The molecule has 1 N–H and O–H groups in total. The summed E-state index contributed by atoms with van der Waals surface area (Å²) in [4.78, 5) is 7.56. The van der Waals surface area contributed by atoms with Crippen LogP contribution in [0.2, 0.25) is 0 Å². The van der Waals surface area contributed by atoms with Gasteiger partial charge in [0.1, 0.15) is 22.5 Å². The average molecular weight is 281 g/mol. The highest BCUT2D eigenvalue weighted by Gasteiger charge is 2.16. The van der Waals surface area contributed by atoms with Crippen LogP contribution in [-0.2, 0) is 10.0 Å². The number of aromatic nitrogens is 3. The van der Waals surface area contributed by atoms with Gasteiger partial charge < -0.3 is 0 Å². The molecule has 9 heteroatoms. The standard InChI is InChI=1S/C9H7N5O2S2/c1-6-12-9(17-13-6)14-18(15,16)8-3-2-7(4-10)11-5-8/h2-3,5H,1H3,(H,12,13,14). The second-order valence-electron chi connectivity index (χ2n) is 3.24. The van der Waals surface area contributed by atoms with E-state index >= 15 is 0 Å². The van der Waals surface area contributed by atoms with Gasteiger partial charge in [-0.3, -0.25) is 4.72 Å². The number of nitriles is 1. The Kier molecular flexibility index (Phi) is 3.22. The summed E-state index contributed by atoms with van der Waals surface area (Å²) in [5.41, 5.74) is 0.153. The molecular formula is C9H7N5O2S2. The smallest absolute Gasteiger partial charge is 0.253 e. The van der Waals surface area contributed by atoms with Crippen molar-refractivity contribution in [1.82, 2.24) is 14.3 Å². The van der Waals surface area contributed by atoms with Gasteiger partial charge in [-0.2, -0.15) is 9.64 Å². The van der Waals surface area contributed by atoms with Gasteiger partial charge in [0.15, 0.2) is 0 Å². The normalized spacial score (nSPS) is 10.9. The number of aryl methyl sites for hydroxylation is 1. The summed E-state index contributed by atoms with van der Waals surface area (Å²) in [5, 5.41) is 8.77. The molecule has 0 bridgehead atoms. The Labute approximate surface area is 107 Å². The lowest BCUT2D eigenvalue weighted by atomic mass is 10.4. The summed E-state index contributed by atoms with van der Waals surface area (Å²) in [5.74, 6) is 0.496. The van der Waals surface area contributed by atoms with E-state index in [1.807, 2.05) is 6.07 Å². The van der Waals surface area contributed by atoms with Crippen molar-refractivity contribution in [3.8, 4) is 6.07 Å². The molecular weight excluding hydrogens is 274 g/mol. The van der Waals surface area contributed by atoms with Crippen LogP contribution in [0, 0.1) is 18.3 Å². The number of nitrogens with zero attached hydrogens (tertiary/aromatic N) is 4. The van der Waals surface area contributed by atoms with Crippen LogP contribution in [0.1, 0.15) is 11.5 Å². The van der Waals surface area contributed by atoms with Crippen molar-refractivity contribution in [2.24, 2.45) is 0 Å². The van der Waals surface area contributed by atoms with Gasteiger partial charge in [0.25, 0.3) is 10.0 Å². The number of pyridine rings is 1. The molecule has 18 heavy (non-hydrogen) atoms. The third-order valence-corrected chi connectivity index (χ3v) is 4.09. The molecule has 0 aliphatic heterocycles. The third kappa shape index (κ3) is 2.61. The van der Waals surface area contributed by atoms with Crippen LogP contribution >= 0.6 is 11.5 Å². The van der Waals surface area contributed by atoms with Gasteiger partial charge in [0.05, 0.1) is 0 Å². The Morgan fingerprint density at radius 3 is 2.72 bits per heavy atom. The predicted octanol–water partition coefficient (Wildman–Crippen LogP) is 0.914. The minimum absolute atomic E-state index is 0.0330. The fourth-order valence-corrected chi connectivity index (χ4v) is 2.86. The molecule has 92 valence electrons. The SMILES string of the molecule is Cc1nsc(NS(=O)(=O)c2ccc(C#N)nc2)n1. The molecule has 0 saturated carbocycles. The lowest BCUT2D eigenvalue weighted by Crippen LogP contribution is -2.13. The Balaban J connectivity index is 2.28. The molecule has 7 nitrogen and oxygen atoms in total. The number of nitrogens with one attached hydrogen (secondary N) is 1. The molecule has 0 spiro atoms. The Morgan fingerprint density at radius 1 is 1.44 bits per heavy atom. The topological polar surface area (TPSA) is 109 Å². The quantitative estimate of drug-likeness (QED) is 0.895. The second-order valence-corrected chi connectivity index (χ2v) is 5.68. The molecule has 2 heterocycles. The van der Waals surface area contributed by atoms with E-state index in [4.69, 9.17) is 5.26 Å². The first-order chi connectivity index (χ1) is 8.51. The number of hydrogen-bond donors (Lipinski definition) is 1. The van der Waals surface area contributed by atoms with Gasteiger partial charge in [-0.1, -0.05) is 0 Å². The van der Waals surface area contributed by atoms with Gasteiger partial charge in [0.2, 0.25) is 5.13 Å². The maximum Gasteiger partial charge on any atom is 0.265 e. The van der Waals surface area contributed by atoms with Crippen LogP contribution in [0.25, 0.3) is 0 Å². The second kappa shape index (κ2) is 4.67. The summed E-state index contributed by atoms with van der Waals surface area (Å²) >= 11 is 0.955. The van der Waals surface area contributed by atoms with Crippen LogP contribution in [0.4, 0.5) is 5.13 Å². The average Bonchev–Trinajstić information content (AvgIpc) is 2.74. The largest absolute Gasteiger partial charge is 0.265 e. The molecule has 0 atom stereocenters. The predicted molar refractivity (Wildman–Crippen MR) is 64.4 cm³/mol. The maximum atomic E-state index is 11.9. The highest BCUT2D eigenvalue weighted by Crippen LogP contribution is 2.16. The van der Waals surface area contributed by atoms with Crippen LogP contribution < -0.4 is 4.72 Å². The van der Waals surface area contributed by atoms with Crippen molar-refractivity contribution in [3.63, 3.8) is 0 Å². The highest BCUT2D eigenvalue weighted by atomic mass is 32.2. The molecule has 2 rings (SSSR count). The number of sulfonamides is 1. The van der Waals surface area contributed by atoms with Crippen LogP contribution in [0.15, 0.2) is 23.2 Å². The lowest BCUT2D eigenvalue weighted by molar-refractivity contribution is 0.600. The van der Waals surface area contributed by atoms with Gasteiger partial charge in [0, 0.05) is 17.7 Å². The van der Waals surface area contributed by atoms with Gasteiger partial charge in [-0.15, -0.1) is 0 Å². The van der Waals surface area contributed by atoms with Gasteiger partial charge >= 0.3 is 0 Å². The maximum absolute atomic E-state index is 11.9. The van der Waals surface area contributed by atoms with E-state index in [-0.39, 0.29) is 15.7 Å². The first-order valence-corrected chi connectivity index (χ1v) is 6.96. The van der Waals surface area contributed by atoms with E-state index in [2.05, 4.69) is 19.1 Å². The summed E-state index contributed by atoms with van der Waals surface area (Å²) in [6, 6.07) is 4.45. The fraction of sp³-hybridized carbons (Fsp3) is 0.111. The van der Waals surface area contributed by atoms with Gasteiger partial charge in [-0.25, -0.2) is 18.4 Å². The molecule has 0 amide bonds. The molecule has 0 saturated heterocycles. The molecule has 0 aliphatic rings. The third-order valence-electron chi connectivity index (χ3n) is 1.91. The Bertz CT molecular complexity index is 699. The number of hydrogen-bond acceptors (Lipinski definition) is 7. The van der Waals surface area contributed by atoms with Crippen molar-refractivity contribution < 1.29 is 8.42 Å². The first kappa shape index (κ1) is 12.4. The van der Waals surface area contributed by atoms with E-state index in [0.29, 0.717) is 5.82 Å². The zero-order valence-electron chi connectivity index (χ0n) is 9.15. The van der Waals surface area contributed by atoms with E-state index in [1.54, 1.807) is 6.92 Å². The minimum Gasteiger partial charge on any atom is -0.253 e. The molecule has 0 unspecified atom stereocenters. The molecule has 2 aromatic rings. The van der Waals surface area contributed by atoms with Crippen molar-refractivity contribution >= 4 is 26.7 Å². The molecule has 2 aromatic heterocycles. The van der Waals surface area contributed by atoms with E-state index < -0.39 is 10.0 Å². The van der Waals surface area contributed by atoms with Gasteiger partial charge in [-0.05, 0) is 19.1 Å². The Hall–Kier alpha value is -2.05. The van der Waals surface area contributed by atoms with Crippen LogP contribution in [-0.4, -0.2) is 22.8 Å². The Morgan fingerprint density at radius 2 is 2.22 bits per heavy atom. The van der Waals surface area contributed by atoms with Crippen molar-refractivity contribution in [1.29, 1.82) is 5.26 Å². The number of rotatable bonds is 3. The molecule has 0 aliphatic carbocycles. The van der Waals surface area contributed by atoms with Crippen molar-refractivity contribution in [3.05, 3.63) is 29.8 Å². The molecule has 0 fully saturated rings. The van der Waals surface area contributed by atoms with Crippen LogP contribution in [0.5, 0.6) is 0 Å².